The molecule has 0 saturated carbocycles. The highest BCUT2D eigenvalue weighted by Gasteiger charge is 2.35. The van der Waals surface area contributed by atoms with Gasteiger partial charge in [0.15, 0.2) is 0 Å². The van der Waals surface area contributed by atoms with Crippen LogP contribution in [0.3, 0.4) is 0 Å². The van der Waals surface area contributed by atoms with E-state index in [1.807, 2.05) is 31.2 Å². The molecule has 0 aliphatic carbocycles. The first-order valence-corrected chi connectivity index (χ1v) is 12.1. The summed E-state index contributed by atoms with van der Waals surface area (Å²) in [5.41, 5.74) is 1.57. The first-order valence-electron chi connectivity index (χ1n) is 12.1. The van der Waals surface area contributed by atoms with Gasteiger partial charge in [-0.05, 0) is 43.3 Å². The number of morpholine rings is 1. The third kappa shape index (κ3) is 6.37. The lowest BCUT2D eigenvalue weighted by molar-refractivity contribution is -0.122. The first-order chi connectivity index (χ1) is 17.0. The van der Waals surface area contributed by atoms with Gasteiger partial charge in [-0.1, -0.05) is 12.1 Å². The van der Waals surface area contributed by atoms with Crippen molar-refractivity contribution in [3.63, 3.8) is 0 Å². The second kappa shape index (κ2) is 11.8. The number of nitrogens with one attached hydrogen (secondary N) is 2. The normalized spacial score (nSPS) is 18.4. The molecular weight excluding hydrogens is 448 g/mol. The standard InChI is InChI=1S/C26H32N4O5/c1-2-35-21-9-7-20(8-10-21)30-18-19(17-24(30)31)25(32)28-23-6-4-3-5-22(23)26(33)27-11-12-29-13-15-34-16-14-29/h3-10,19H,2,11-18H2,1H3,(H,27,33)(H,28,32). The second-order valence-electron chi connectivity index (χ2n) is 8.58. The van der Waals surface area contributed by atoms with Crippen molar-refractivity contribution in [3.8, 4) is 5.75 Å². The molecule has 4 rings (SSSR count). The molecule has 9 heteroatoms. The number of ether oxygens (including phenoxy) is 2. The van der Waals surface area contributed by atoms with Gasteiger partial charge in [-0.25, -0.2) is 0 Å². The zero-order chi connectivity index (χ0) is 24.6. The fourth-order valence-corrected chi connectivity index (χ4v) is 4.29. The molecule has 2 N–H and O–H groups in total. The largest absolute Gasteiger partial charge is 0.494 e. The molecule has 0 spiro atoms. The van der Waals surface area contributed by atoms with Crippen LogP contribution in [-0.2, 0) is 14.3 Å². The molecule has 9 nitrogen and oxygen atoms in total. The van der Waals surface area contributed by atoms with E-state index < -0.39 is 5.92 Å². The van der Waals surface area contributed by atoms with Gasteiger partial charge in [0.25, 0.3) is 5.91 Å². The maximum absolute atomic E-state index is 13.0. The van der Waals surface area contributed by atoms with Gasteiger partial charge in [0.1, 0.15) is 5.75 Å². The maximum atomic E-state index is 13.0. The number of nitrogens with zero attached hydrogens (tertiary/aromatic N) is 2. The van der Waals surface area contributed by atoms with E-state index in [4.69, 9.17) is 9.47 Å². The molecule has 0 aromatic heterocycles. The fraction of sp³-hybridized carbons (Fsp3) is 0.423. The molecule has 2 aliphatic rings. The third-order valence-corrected chi connectivity index (χ3v) is 6.20. The molecule has 35 heavy (non-hydrogen) atoms. The Kier molecular flexibility index (Phi) is 8.33. The molecule has 2 aliphatic heterocycles. The molecule has 0 bridgehead atoms. The predicted octanol–water partition coefficient (Wildman–Crippen LogP) is 2.14. The fourth-order valence-electron chi connectivity index (χ4n) is 4.29. The summed E-state index contributed by atoms with van der Waals surface area (Å²) < 4.78 is 10.8. The Balaban J connectivity index is 1.34. The van der Waals surface area contributed by atoms with Gasteiger partial charge >= 0.3 is 0 Å². The van der Waals surface area contributed by atoms with E-state index in [0.29, 0.717) is 37.6 Å². The van der Waals surface area contributed by atoms with Crippen LogP contribution in [0.5, 0.6) is 5.75 Å². The zero-order valence-corrected chi connectivity index (χ0v) is 20.0. The minimum atomic E-state index is -0.508. The summed E-state index contributed by atoms with van der Waals surface area (Å²) in [5, 5.41) is 5.80. The number of rotatable bonds is 9. The van der Waals surface area contributed by atoms with Crippen molar-refractivity contribution in [3.05, 3.63) is 54.1 Å². The van der Waals surface area contributed by atoms with E-state index in [9.17, 15) is 14.4 Å². The van der Waals surface area contributed by atoms with Crippen LogP contribution in [0.15, 0.2) is 48.5 Å². The predicted molar refractivity (Wildman–Crippen MR) is 133 cm³/mol. The van der Waals surface area contributed by atoms with Crippen molar-refractivity contribution in [1.82, 2.24) is 10.2 Å². The number of hydrogen-bond donors (Lipinski definition) is 2. The van der Waals surface area contributed by atoms with Gasteiger partial charge < -0.3 is 25.0 Å². The van der Waals surface area contributed by atoms with E-state index in [2.05, 4.69) is 15.5 Å². The van der Waals surface area contributed by atoms with Crippen molar-refractivity contribution >= 4 is 29.1 Å². The molecule has 1 atom stereocenters. The highest BCUT2D eigenvalue weighted by molar-refractivity contribution is 6.07. The van der Waals surface area contributed by atoms with Crippen LogP contribution in [0.25, 0.3) is 0 Å². The Morgan fingerprint density at radius 2 is 1.83 bits per heavy atom. The summed E-state index contributed by atoms with van der Waals surface area (Å²) in [5.74, 6) is -0.403. The van der Waals surface area contributed by atoms with Crippen molar-refractivity contribution < 1.29 is 23.9 Å². The van der Waals surface area contributed by atoms with Gasteiger partial charge in [-0.2, -0.15) is 0 Å². The van der Waals surface area contributed by atoms with Crippen LogP contribution in [-0.4, -0.2) is 75.2 Å². The Labute approximate surface area is 205 Å². The summed E-state index contributed by atoms with van der Waals surface area (Å²) >= 11 is 0. The molecule has 0 radical (unpaired) electrons. The number of para-hydroxylation sites is 1. The maximum Gasteiger partial charge on any atom is 0.253 e. The summed E-state index contributed by atoms with van der Waals surface area (Å²) in [6.45, 7) is 7.15. The Morgan fingerprint density at radius 3 is 2.57 bits per heavy atom. The Bertz CT molecular complexity index is 1040. The van der Waals surface area contributed by atoms with Crippen molar-refractivity contribution in [1.29, 1.82) is 0 Å². The minimum Gasteiger partial charge on any atom is -0.494 e. The highest BCUT2D eigenvalue weighted by atomic mass is 16.5. The quantitative estimate of drug-likeness (QED) is 0.571. The second-order valence-corrected chi connectivity index (χ2v) is 8.58. The molecule has 2 aromatic carbocycles. The lowest BCUT2D eigenvalue weighted by Gasteiger charge is -2.26. The number of benzene rings is 2. The number of amides is 3. The van der Waals surface area contributed by atoms with E-state index in [1.165, 1.54) is 0 Å². The molecule has 2 saturated heterocycles. The van der Waals surface area contributed by atoms with Gasteiger partial charge in [0, 0.05) is 44.8 Å². The average Bonchev–Trinajstić information content (AvgIpc) is 3.27. The van der Waals surface area contributed by atoms with Crippen LogP contribution >= 0.6 is 0 Å². The summed E-state index contributed by atoms with van der Waals surface area (Å²) in [7, 11) is 0. The first kappa shape index (κ1) is 24.7. The number of carbonyl (C=O) groups is 3. The highest BCUT2D eigenvalue weighted by Crippen LogP contribution is 2.28. The summed E-state index contributed by atoms with van der Waals surface area (Å²) in [6, 6.07) is 14.2. The molecule has 1 unspecified atom stereocenters. The lowest BCUT2D eigenvalue weighted by Crippen LogP contribution is -2.41. The monoisotopic (exact) mass is 480 g/mol. The smallest absolute Gasteiger partial charge is 0.253 e. The van der Waals surface area contributed by atoms with E-state index in [0.717, 1.165) is 31.1 Å². The van der Waals surface area contributed by atoms with Crippen molar-refractivity contribution in [2.75, 3.05) is 62.8 Å². The SMILES string of the molecule is CCOc1ccc(N2CC(C(=O)Nc3ccccc3C(=O)NCCN3CCOCC3)CC2=O)cc1. The van der Waals surface area contributed by atoms with E-state index in [1.54, 1.807) is 29.2 Å². The average molecular weight is 481 g/mol. The molecule has 186 valence electrons. The molecule has 2 heterocycles. The number of carbonyl (C=O) groups excluding carboxylic acids is 3. The number of hydrogen-bond acceptors (Lipinski definition) is 6. The van der Waals surface area contributed by atoms with Gasteiger partial charge in [0.05, 0.1) is 37.0 Å². The van der Waals surface area contributed by atoms with Crippen LogP contribution in [0.4, 0.5) is 11.4 Å². The van der Waals surface area contributed by atoms with Crippen LogP contribution in [0.1, 0.15) is 23.7 Å². The van der Waals surface area contributed by atoms with Gasteiger partial charge in [-0.15, -0.1) is 0 Å². The summed E-state index contributed by atoms with van der Waals surface area (Å²) in [4.78, 5) is 42.3. The zero-order valence-electron chi connectivity index (χ0n) is 20.0. The topological polar surface area (TPSA) is 100 Å². The van der Waals surface area contributed by atoms with E-state index >= 15 is 0 Å². The molecule has 2 aromatic rings. The molecule has 3 amide bonds. The molecule has 2 fully saturated rings. The molecular formula is C26H32N4O5. The van der Waals surface area contributed by atoms with Crippen molar-refractivity contribution in [2.45, 2.75) is 13.3 Å². The van der Waals surface area contributed by atoms with Gasteiger partial charge in [0.2, 0.25) is 11.8 Å². The summed E-state index contributed by atoms with van der Waals surface area (Å²) in [6.07, 6.45) is 0.118. The lowest BCUT2D eigenvalue weighted by atomic mass is 10.1. The number of anilines is 2. The van der Waals surface area contributed by atoms with Crippen LogP contribution < -0.4 is 20.3 Å². The Morgan fingerprint density at radius 1 is 1.09 bits per heavy atom. The van der Waals surface area contributed by atoms with Gasteiger partial charge in [-0.3, -0.25) is 19.3 Å². The Hall–Kier alpha value is -3.43. The van der Waals surface area contributed by atoms with E-state index in [-0.39, 0.29) is 30.7 Å². The van der Waals surface area contributed by atoms with Crippen LogP contribution in [0, 0.1) is 5.92 Å². The van der Waals surface area contributed by atoms with Crippen LogP contribution in [0.2, 0.25) is 0 Å². The minimum absolute atomic E-state index is 0.108. The third-order valence-electron chi connectivity index (χ3n) is 6.20. The van der Waals surface area contributed by atoms with Crippen molar-refractivity contribution in [2.24, 2.45) is 5.92 Å².